The van der Waals surface area contributed by atoms with E-state index in [-0.39, 0.29) is 17.4 Å². The predicted octanol–water partition coefficient (Wildman–Crippen LogP) is 2.74. The van der Waals surface area contributed by atoms with E-state index in [1.165, 1.54) is 0 Å². The Bertz CT molecular complexity index is 808. The SMILES string of the molecule is CCN(CC)CCNC(=O)C1CCCc2c1[nH]c1c(C(=O)O)cccc21. The van der Waals surface area contributed by atoms with Gasteiger partial charge in [0.15, 0.2) is 0 Å². The summed E-state index contributed by atoms with van der Waals surface area (Å²) in [5.74, 6) is -1.15. The summed E-state index contributed by atoms with van der Waals surface area (Å²) in [6.07, 6.45) is 2.60. The number of nitrogens with one attached hydrogen (secondary N) is 2. The molecule has 1 amide bonds. The molecule has 6 heteroatoms. The predicted molar refractivity (Wildman–Crippen MR) is 102 cm³/mol. The molecule has 6 nitrogen and oxygen atoms in total. The Balaban J connectivity index is 1.82. The fourth-order valence-electron chi connectivity index (χ4n) is 3.93. The van der Waals surface area contributed by atoms with Crippen LogP contribution in [0.5, 0.6) is 0 Å². The van der Waals surface area contributed by atoms with E-state index >= 15 is 0 Å². The number of rotatable bonds is 7. The third-order valence-electron chi connectivity index (χ3n) is 5.41. The van der Waals surface area contributed by atoms with E-state index in [4.69, 9.17) is 0 Å². The number of carboxylic acids is 1. The zero-order valence-corrected chi connectivity index (χ0v) is 15.5. The number of aromatic nitrogens is 1. The second kappa shape index (κ2) is 7.91. The summed E-state index contributed by atoms with van der Waals surface area (Å²) < 4.78 is 0. The molecule has 26 heavy (non-hydrogen) atoms. The van der Waals surface area contributed by atoms with Crippen molar-refractivity contribution >= 4 is 22.8 Å². The maximum atomic E-state index is 12.7. The van der Waals surface area contributed by atoms with Crippen molar-refractivity contribution < 1.29 is 14.7 Å². The van der Waals surface area contributed by atoms with Crippen molar-refractivity contribution in [2.24, 2.45) is 0 Å². The lowest BCUT2D eigenvalue weighted by Gasteiger charge is -2.23. The Morgan fingerprint density at radius 1 is 1.31 bits per heavy atom. The average molecular weight is 357 g/mol. The first-order valence-corrected chi connectivity index (χ1v) is 9.43. The van der Waals surface area contributed by atoms with Gasteiger partial charge in [-0.3, -0.25) is 4.79 Å². The minimum atomic E-state index is -0.950. The lowest BCUT2D eigenvalue weighted by atomic mass is 9.86. The topological polar surface area (TPSA) is 85.4 Å². The molecule has 0 bridgehead atoms. The van der Waals surface area contributed by atoms with Crippen LogP contribution >= 0.6 is 0 Å². The third-order valence-corrected chi connectivity index (χ3v) is 5.41. The fourth-order valence-corrected chi connectivity index (χ4v) is 3.93. The molecule has 0 radical (unpaired) electrons. The van der Waals surface area contributed by atoms with Crippen LogP contribution < -0.4 is 5.32 Å². The first-order chi connectivity index (χ1) is 12.6. The molecule has 0 spiro atoms. The Kier molecular flexibility index (Phi) is 5.61. The lowest BCUT2D eigenvalue weighted by molar-refractivity contribution is -0.123. The Morgan fingerprint density at radius 3 is 2.77 bits per heavy atom. The molecule has 1 heterocycles. The molecular formula is C20H27N3O3. The number of para-hydroxylation sites is 1. The van der Waals surface area contributed by atoms with Crippen LogP contribution in [0.4, 0.5) is 0 Å². The maximum Gasteiger partial charge on any atom is 0.337 e. The normalized spacial score (nSPS) is 16.7. The van der Waals surface area contributed by atoms with E-state index in [9.17, 15) is 14.7 Å². The van der Waals surface area contributed by atoms with Gasteiger partial charge in [0.2, 0.25) is 5.91 Å². The molecular weight excluding hydrogens is 330 g/mol. The molecule has 1 aliphatic rings. The van der Waals surface area contributed by atoms with Gasteiger partial charge in [-0.25, -0.2) is 4.79 Å². The van der Waals surface area contributed by atoms with Crippen molar-refractivity contribution in [2.75, 3.05) is 26.2 Å². The molecule has 0 saturated heterocycles. The standard InChI is InChI=1S/C20H27N3O3/c1-3-23(4-2)12-11-21-19(24)15-9-5-7-13-14-8-6-10-16(20(25)26)18(14)22-17(13)15/h6,8,10,15,22H,3-5,7,9,11-12H2,1-2H3,(H,21,24)(H,25,26). The number of likely N-dealkylation sites (N-methyl/N-ethyl adjacent to an activating group) is 1. The van der Waals surface area contributed by atoms with Crippen LogP contribution in [0, 0.1) is 0 Å². The summed E-state index contributed by atoms with van der Waals surface area (Å²) >= 11 is 0. The van der Waals surface area contributed by atoms with Crippen LogP contribution in [-0.4, -0.2) is 53.0 Å². The number of nitrogens with zero attached hydrogens (tertiary/aromatic N) is 1. The van der Waals surface area contributed by atoms with Crippen LogP contribution in [0.15, 0.2) is 18.2 Å². The fraction of sp³-hybridized carbons (Fsp3) is 0.500. The zero-order chi connectivity index (χ0) is 18.7. The molecule has 1 unspecified atom stereocenters. The number of aromatic carboxylic acids is 1. The van der Waals surface area contributed by atoms with E-state index in [0.717, 1.165) is 55.5 Å². The van der Waals surface area contributed by atoms with Gasteiger partial charge in [-0.2, -0.15) is 0 Å². The number of carbonyl (C=O) groups is 2. The number of fused-ring (bicyclic) bond motifs is 3. The van der Waals surface area contributed by atoms with Crippen LogP contribution in [0.2, 0.25) is 0 Å². The molecule has 1 aromatic carbocycles. The van der Waals surface area contributed by atoms with Gasteiger partial charge >= 0.3 is 5.97 Å². The second-order valence-electron chi connectivity index (χ2n) is 6.81. The quantitative estimate of drug-likeness (QED) is 0.711. The minimum Gasteiger partial charge on any atom is -0.478 e. The van der Waals surface area contributed by atoms with E-state index in [1.54, 1.807) is 12.1 Å². The number of carboxylic acid groups (broad SMARTS) is 1. The number of hydrogen-bond acceptors (Lipinski definition) is 3. The van der Waals surface area contributed by atoms with Gasteiger partial charge in [0, 0.05) is 24.2 Å². The van der Waals surface area contributed by atoms with Crippen molar-refractivity contribution in [3.63, 3.8) is 0 Å². The number of aromatic amines is 1. The van der Waals surface area contributed by atoms with E-state index in [2.05, 4.69) is 29.0 Å². The summed E-state index contributed by atoms with van der Waals surface area (Å²) in [5, 5.41) is 13.4. The van der Waals surface area contributed by atoms with Crippen molar-refractivity contribution in [1.29, 1.82) is 0 Å². The van der Waals surface area contributed by atoms with Gasteiger partial charge < -0.3 is 20.3 Å². The number of H-pyrrole nitrogens is 1. The van der Waals surface area contributed by atoms with Gasteiger partial charge in [0.25, 0.3) is 0 Å². The van der Waals surface area contributed by atoms with Crippen LogP contribution in [0.1, 0.15) is 54.2 Å². The van der Waals surface area contributed by atoms with Gasteiger partial charge in [-0.1, -0.05) is 26.0 Å². The highest BCUT2D eigenvalue weighted by Crippen LogP contribution is 2.37. The van der Waals surface area contributed by atoms with Crippen LogP contribution in [-0.2, 0) is 11.2 Å². The number of carbonyl (C=O) groups excluding carboxylic acids is 1. The number of aryl methyl sites for hydroxylation is 1. The molecule has 0 fully saturated rings. The lowest BCUT2D eigenvalue weighted by Crippen LogP contribution is -2.37. The van der Waals surface area contributed by atoms with Crippen molar-refractivity contribution in [1.82, 2.24) is 15.2 Å². The van der Waals surface area contributed by atoms with Gasteiger partial charge in [0.05, 0.1) is 17.0 Å². The van der Waals surface area contributed by atoms with Crippen LogP contribution in [0.25, 0.3) is 10.9 Å². The van der Waals surface area contributed by atoms with Gasteiger partial charge in [0.1, 0.15) is 0 Å². The molecule has 2 aromatic rings. The smallest absolute Gasteiger partial charge is 0.337 e. The Morgan fingerprint density at radius 2 is 2.08 bits per heavy atom. The first kappa shape index (κ1) is 18.5. The van der Waals surface area contributed by atoms with E-state index in [1.807, 2.05) is 6.07 Å². The van der Waals surface area contributed by atoms with E-state index < -0.39 is 5.97 Å². The first-order valence-electron chi connectivity index (χ1n) is 9.43. The molecule has 0 saturated carbocycles. The maximum absolute atomic E-state index is 12.7. The third kappa shape index (κ3) is 3.46. The Labute approximate surface area is 153 Å². The summed E-state index contributed by atoms with van der Waals surface area (Å²) in [4.78, 5) is 29.8. The highest BCUT2D eigenvalue weighted by molar-refractivity contribution is 6.04. The molecule has 140 valence electrons. The highest BCUT2D eigenvalue weighted by atomic mass is 16.4. The van der Waals surface area contributed by atoms with Crippen LogP contribution in [0.3, 0.4) is 0 Å². The summed E-state index contributed by atoms with van der Waals surface area (Å²) in [6.45, 7) is 7.65. The number of hydrogen-bond donors (Lipinski definition) is 3. The summed E-state index contributed by atoms with van der Waals surface area (Å²) in [6, 6.07) is 5.32. The van der Waals surface area contributed by atoms with Gasteiger partial charge in [-0.15, -0.1) is 0 Å². The molecule has 0 aliphatic heterocycles. The van der Waals surface area contributed by atoms with E-state index in [0.29, 0.717) is 12.1 Å². The van der Waals surface area contributed by atoms with Crippen molar-refractivity contribution in [3.05, 3.63) is 35.0 Å². The van der Waals surface area contributed by atoms with Gasteiger partial charge in [-0.05, 0) is 44.0 Å². The molecule has 1 aromatic heterocycles. The summed E-state index contributed by atoms with van der Waals surface area (Å²) in [7, 11) is 0. The zero-order valence-electron chi connectivity index (χ0n) is 15.5. The molecule has 1 atom stereocenters. The monoisotopic (exact) mass is 357 g/mol. The minimum absolute atomic E-state index is 0.0292. The van der Waals surface area contributed by atoms with Crippen molar-refractivity contribution in [2.45, 2.75) is 39.0 Å². The number of amides is 1. The van der Waals surface area contributed by atoms with Crippen molar-refractivity contribution in [3.8, 4) is 0 Å². The second-order valence-corrected chi connectivity index (χ2v) is 6.81. The highest BCUT2D eigenvalue weighted by Gasteiger charge is 2.30. The average Bonchev–Trinajstić information content (AvgIpc) is 3.03. The molecule has 3 N–H and O–H groups in total. The molecule has 1 aliphatic carbocycles. The molecule has 3 rings (SSSR count). The Hall–Kier alpha value is -2.34. The number of benzene rings is 1. The summed E-state index contributed by atoms with van der Waals surface area (Å²) in [5.41, 5.74) is 2.88. The largest absolute Gasteiger partial charge is 0.478 e.